The van der Waals surface area contributed by atoms with Gasteiger partial charge in [-0.2, -0.15) is 13.2 Å². The molecule has 0 spiro atoms. The number of methoxy groups -OCH3 is 1. The summed E-state index contributed by atoms with van der Waals surface area (Å²) in [7, 11) is -2.34. The van der Waals surface area contributed by atoms with Crippen LogP contribution in [-0.4, -0.2) is 34.6 Å². The number of halogens is 3. The van der Waals surface area contributed by atoms with E-state index in [1.165, 1.54) is 37.4 Å². The second kappa shape index (κ2) is 9.38. The van der Waals surface area contributed by atoms with Gasteiger partial charge in [-0.1, -0.05) is 12.1 Å². The topological polar surface area (TPSA) is 84.5 Å². The Bertz CT molecular complexity index is 976. The van der Waals surface area contributed by atoms with Crippen molar-refractivity contribution >= 4 is 21.6 Å². The molecule has 0 saturated heterocycles. The molecule has 0 saturated carbocycles. The number of amides is 1. The lowest BCUT2D eigenvalue weighted by molar-refractivity contribution is -0.137. The van der Waals surface area contributed by atoms with E-state index in [9.17, 15) is 26.4 Å². The van der Waals surface area contributed by atoms with Gasteiger partial charge in [-0.05, 0) is 49.2 Å². The minimum absolute atomic E-state index is 0.0437. The summed E-state index contributed by atoms with van der Waals surface area (Å²) in [4.78, 5) is 12.4. The first kappa shape index (κ1) is 22.9. The molecule has 0 aliphatic carbocycles. The fourth-order valence-electron chi connectivity index (χ4n) is 2.49. The molecule has 0 aliphatic rings. The molecule has 0 aromatic heterocycles. The van der Waals surface area contributed by atoms with Crippen molar-refractivity contribution in [3.63, 3.8) is 0 Å². The Morgan fingerprint density at radius 3 is 2.52 bits per heavy atom. The highest BCUT2D eigenvalue weighted by Crippen LogP contribution is 2.30. The highest BCUT2D eigenvalue weighted by atomic mass is 32.2. The molecule has 0 aliphatic heterocycles. The molecule has 2 aromatic rings. The molecule has 0 heterocycles. The SMILES string of the molecule is COCCCNS(=O)(=O)c1ccc(C)c(C(=O)Nc2cccc(C(F)(F)F)c2)c1. The normalized spacial score (nSPS) is 12.0. The van der Waals surface area contributed by atoms with Crippen LogP contribution in [0.15, 0.2) is 47.4 Å². The molecule has 0 atom stereocenters. The highest BCUT2D eigenvalue weighted by molar-refractivity contribution is 7.89. The zero-order valence-electron chi connectivity index (χ0n) is 15.8. The quantitative estimate of drug-likeness (QED) is 0.627. The van der Waals surface area contributed by atoms with Gasteiger partial charge in [0, 0.05) is 31.5 Å². The number of rotatable bonds is 8. The Labute approximate surface area is 167 Å². The van der Waals surface area contributed by atoms with Crippen molar-refractivity contribution in [3.8, 4) is 0 Å². The molecular weight excluding hydrogens is 409 g/mol. The molecule has 0 fully saturated rings. The van der Waals surface area contributed by atoms with Gasteiger partial charge in [-0.3, -0.25) is 4.79 Å². The van der Waals surface area contributed by atoms with Gasteiger partial charge in [0.25, 0.3) is 5.91 Å². The minimum atomic E-state index is -4.54. The van der Waals surface area contributed by atoms with Gasteiger partial charge >= 0.3 is 6.18 Å². The van der Waals surface area contributed by atoms with Crippen LogP contribution in [-0.2, 0) is 20.9 Å². The molecule has 0 radical (unpaired) electrons. The number of carbonyl (C=O) groups is 1. The van der Waals surface area contributed by atoms with E-state index in [2.05, 4.69) is 10.0 Å². The third-order valence-electron chi connectivity index (χ3n) is 4.03. The fourth-order valence-corrected chi connectivity index (χ4v) is 3.59. The first-order chi connectivity index (χ1) is 13.5. The van der Waals surface area contributed by atoms with Crippen LogP contribution in [0.4, 0.5) is 18.9 Å². The van der Waals surface area contributed by atoms with Gasteiger partial charge in [0.2, 0.25) is 10.0 Å². The molecule has 158 valence electrons. The summed E-state index contributed by atoms with van der Waals surface area (Å²) in [6, 6.07) is 8.21. The van der Waals surface area contributed by atoms with Gasteiger partial charge in [-0.15, -0.1) is 0 Å². The first-order valence-corrected chi connectivity index (χ1v) is 10.1. The highest BCUT2D eigenvalue weighted by Gasteiger charge is 2.30. The number of anilines is 1. The zero-order chi connectivity index (χ0) is 21.7. The number of hydrogen-bond donors (Lipinski definition) is 2. The van der Waals surface area contributed by atoms with Crippen LogP contribution < -0.4 is 10.0 Å². The maximum Gasteiger partial charge on any atom is 0.416 e. The van der Waals surface area contributed by atoms with Gasteiger partial charge in [0.1, 0.15) is 0 Å². The van der Waals surface area contributed by atoms with Crippen molar-refractivity contribution in [2.45, 2.75) is 24.4 Å². The van der Waals surface area contributed by atoms with E-state index in [4.69, 9.17) is 4.74 Å². The molecule has 29 heavy (non-hydrogen) atoms. The Kier molecular flexibility index (Phi) is 7.39. The van der Waals surface area contributed by atoms with Gasteiger partial charge in [-0.25, -0.2) is 13.1 Å². The van der Waals surface area contributed by atoms with Crippen molar-refractivity contribution in [3.05, 3.63) is 59.2 Å². The molecule has 0 bridgehead atoms. The molecule has 2 aromatic carbocycles. The Balaban J connectivity index is 2.22. The third-order valence-corrected chi connectivity index (χ3v) is 5.49. The average molecular weight is 430 g/mol. The number of alkyl halides is 3. The smallest absolute Gasteiger partial charge is 0.385 e. The van der Waals surface area contributed by atoms with E-state index in [0.29, 0.717) is 18.6 Å². The van der Waals surface area contributed by atoms with Gasteiger partial charge in [0.15, 0.2) is 0 Å². The van der Waals surface area contributed by atoms with Crippen LogP contribution in [0.5, 0.6) is 0 Å². The van der Waals surface area contributed by atoms with Gasteiger partial charge in [0.05, 0.1) is 10.5 Å². The van der Waals surface area contributed by atoms with Crippen LogP contribution in [0, 0.1) is 6.92 Å². The number of nitrogens with one attached hydrogen (secondary N) is 2. The number of carbonyl (C=O) groups excluding carboxylic acids is 1. The van der Waals surface area contributed by atoms with Crippen molar-refractivity contribution in [2.24, 2.45) is 0 Å². The predicted molar refractivity (Wildman–Crippen MR) is 102 cm³/mol. The molecule has 0 unspecified atom stereocenters. The summed E-state index contributed by atoms with van der Waals surface area (Å²) >= 11 is 0. The molecular formula is C19H21F3N2O4S. The number of aryl methyl sites for hydroxylation is 1. The summed E-state index contributed by atoms with van der Waals surface area (Å²) in [5.41, 5.74) is -0.422. The van der Waals surface area contributed by atoms with Crippen molar-refractivity contribution in [1.82, 2.24) is 4.72 Å². The van der Waals surface area contributed by atoms with E-state index in [1.807, 2.05) is 0 Å². The lowest BCUT2D eigenvalue weighted by atomic mass is 10.1. The van der Waals surface area contributed by atoms with Crippen LogP contribution in [0.2, 0.25) is 0 Å². The van der Waals surface area contributed by atoms with Crippen LogP contribution in [0.25, 0.3) is 0 Å². The maximum atomic E-state index is 12.8. The van der Waals surface area contributed by atoms with E-state index in [1.54, 1.807) is 6.92 Å². The summed E-state index contributed by atoms with van der Waals surface area (Å²) in [6.45, 7) is 2.15. The summed E-state index contributed by atoms with van der Waals surface area (Å²) in [5.74, 6) is -0.710. The Morgan fingerprint density at radius 1 is 1.14 bits per heavy atom. The third kappa shape index (κ3) is 6.28. The molecule has 1 amide bonds. The van der Waals surface area contributed by atoms with Crippen molar-refractivity contribution in [1.29, 1.82) is 0 Å². The summed E-state index contributed by atoms with van der Waals surface area (Å²) in [6.07, 6.45) is -4.07. The Morgan fingerprint density at radius 2 is 1.86 bits per heavy atom. The number of sulfonamides is 1. The molecule has 2 rings (SSSR count). The minimum Gasteiger partial charge on any atom is -0.385 e. The number of hydrogen-bond acceptors (Lipinski definition) is 4. The van der Waals surface area contributed by atoms with Crippen molar-refractivity contribution in [2.75, 3.05) is 25.6 Å². The monoisotopic (exact) mass is 430 g/mol. The van der Waals surface area contributed by atoms with Crippen LogP contribution in [0.1, 0.15) is 27.9 Å². The van der Waals surface area contributed by atoms with Crippen molar-refractivity contribution < 1.29 is 31.1 Å². The van der Waals surface area contributed by atoms with Gasteiger partial charge < -0.3 is 10.1 Å². The summed E-state index contributed by atoms with van der Waals surface area (Å²) < 4.78 is 70.5. The molecule has 6 nitrogen and oxygen atoms in total. The van der Waals surface area contributed by atoms with E-state index >= 15 is 0 Å². The zero-order valence-corrected chi connectivity index (χ0v) is 16.7. The van der Waals surface area contributed by atoms with E-state index < -0.39 is 27.7 Å². The lowest BCUT2D eigenvalue weighted by Gasteiger charge is -2.12. The lowest BCUT2D eigenvalue weighted by Crippen LogP contribution is -2.26. The van der Waals surface area contributed by atoms with E-state index in [-0.39, 0.29) is 22.7 Å². The standard InChI is InChI=1S/C19H21F3N2O4S/c1-13-7-8-16(29(26,27)23-9-4-10-28-2)12-17(13)18(25)24-15-6-3-5-14(11-15)19(20,21)22/h3,5-8,11-12,23H,4,9-10H2,1-2H3,(H,24,25). The largest absolute Gasteiger partial charge is 0.416 e. The maximum absolute atomic E-state index is 12.8. The van der Waals surface area contributed by atoms with Crippen LogP contribution >= 0.6 is 0 Å². The molecule has 2 N–H and O–H groups in total. The average Bonchev–Trinajstić information content (AvgIpc) is 2.65. The van der Waals surface area contributed by atoms with Crippen LogP contribution in [0.3, 0.4) is 0 Å². The first-order valence-electron chi connectivity index (χ1n) is 8.62. The predicted octanol–water partition coefficient (Wildman–Crippen LogP) is 3.58. The number of ether oxygens (including phenoxy) is 1. The van der Waals surface area contributed by atoms with E-state index in [0.717, 1.165) is 12.1 Å². The number of benzene rings is 2. The Hall–Kier alpha value is -2.43. The fraction of sp³-hybridized carbons (Fsp3) is 0.316. The summed E-state index contributed by atoms with van der Waals surface area (Å²) in [5, 5.41) is 2.38. The second-order valence-electron chi connectivity index (χ2n) is 6.25. The second-order valence-corrected chi connectivity index (χ2v) is 8.02. The molecule has 10 heteroatoms.